The number of amides is 1. The van der Waals surface area contributed by atoms with E-state index in [0.29, 0.717) is 5.57 Å². The summed E-state index contributed by atoms with van der Waals surface area (Å²) < 4.78 is 0. The Balaban J connectivity index is 2.31. The molecule has 0 heterocycles. The molecule has 2 aliphatic rings. The van der Waals surface area contributed by atoms with Crippen LogP contribution in [0.3, 0.4) is 0 Å². The van der Waals surface area contributed by atoms with E-state index in [1.807, 2.05) is 12.2 Å². The molecule has 25 heavy (non-hydrogen) atoms. The predicted molar refractivity (Wildman–Crippen MR) is 106 cm³/mol. The SMILES string of the molecule is C=C1CC=CC(C(N)=O)=C1c1cc(C(C)(C)C)cc2c1CC(CC)=C2. The molecule has 0 fully saturated rings. The molecular formula is C23H27NO. The van der Waals surface area contributed by atoms with Gasteiger partial charge in [-0.1, -0.05) is 70.2 Å². The number of nitrogens with two attached hydrogens (primary N) is 1. The molecule has 0 saturated heterocycles. The summed E-state index contributed by atoms with van der Waals surface area (Å²) in [5, 5.41) is 0. The molecule has 2 aliphatic carbocycles. The smallest absolute Gasteiger partial charge is 0.249 e. The van der Waals surface area contributed by atoms with Crippen LogP contribution >= 0.6 is 0 Å². The topological polar surface area (TPSA) is 43.1 Å². The van der Waals surface area contributed by atoms with Crippen LogP contribution in [0.25, 0.3) is 11.6 Å². The fraction of sp³-hybridized carbons (Fsp3) is 0.348. The van der Waals surface area contributed by atoms with Crippen molar-refractivity contribution >= 4 is 17.6 Å². The van der Waals surface area contributed by atoms with E-state index < -0.39 is 0 Å². The van der Waals surface area contributed by atoms with Gasteiger partial charge in [-0.2, -0.15) is 0 Å². The second kappa shape index (κ2) is 6.18. The van der Waals surface area contributed by atoms with Gasteiger partial charge >= 0.3 is 0 Å². The highest BCUT2D eigenvalue weighted by Gasteiger charge is 2.26. The maximum absolute atomic E-state index is 12.0. The summed E-state index contributed by atoms with van der Waals surface area (Å²) in [6.07, 6.45) is 8.87. The van der Waals surface area contributed by atoms with Crippen molar-refractivity contribution in [3.05, 3.63) is 69.8 Å². The van der Waals surface area contributed by atoms with Gasteiger partial charge in [0.2, 0.25) is 5.91 Å². The first-order chi connectivity index (χ1) is 11.7. The molecule has 0 aromatic heterocycles. The van der Waals surface area contributed by atoms with E-state index in [2.05, 4.69) is 52.5 Å². The summed E-state index contributed by atoms with van der Waals surface area (Å²) in [6.45, 7) is 13.1. The average Bonchev–Trinajstić information content (AvgIpc) is 2.96. The van der Waals surface area contributed by atoms with E-state index in [0.717, 1.165) is 36.0 Å². The summed E-state index contributed by atoms with van der Waals surface area (Å²) in [5.41, 5.74) is 14.6. The van der Waals surface area contributed by atoms with Crippen LogP contribution in [0.1, 0.15) is 62.8 Å². The largest absolute Gasteiger partial charge is 0.366 e. The van der Waals surface area contributed by atoms with Gasteiger partial charge in [0.25, 0.3) is 0 Å². The number of benzene rings is 1. The number of fused-ring (bicyclic) bond motifs is 1. The van der Waals surface area contributed by atoms with Crippen molar-refractivity contribution in [1.82, 2.24) is 0 Å². The summed E-state index contributed by atoms with van der Waals surface area (Å²) in [7, 11) is 0. The van der Waals surface area contributed by atoms with Gasteiger partial charge in [0.1, 0.15) is 0 Å². The molecular weight excluding hydrogens is 306 g/mol. The van der Waals surface area contributed by atoms with E-state index in [1.54, 1.807) is 0 Å². The van der Waals surface area contributed by atoms with E-state index in [9.17, 15) is 4.79 Å². The van der Waals surface area contributed by atoms with Crippen molar-refractivity contribution in [2.24, 2.45) is 5.73 Å². The Labute approximate surface area is 150 Å². The zero-order valence-corrected chi connectivity index (χ0v) is 15.7. The second-order valence-corrected chi connectivity index (χ2v) is 8.04. The van der Waals surface area contributed by atoms with Crippen LogP contribution in [-0.4, -0.2) is 5.91 Å². The molecule has 1 amide bonds. The highest BCUT2D eigenvalue weighted by atomic mass is 16.1. The number of hydrogen-bond acceptors (Lipinski definition) is 1. The van der Waals surface area contributed by atoms with Crippen LogP contribution in [0.15, 0.2) is 47.6 Å². The average molecular weight is 333 g/mol. The van der Waals surface area contributed by atoms with E-state index in [4.69, 9.17) is 5.73 Å². The van der Waals surface area contributed by atoms with Crippen LogP contribution in [0.2, 0.25) is 0 Å². The lowest BCUT2D eigenvalue weighted by molar-refractivity contribution is -0.114. The van der Waals surface area contributed by atoms with Crippen LogP contribution in [-0.2, 0) is 16.6 Å². The van der Waals surface area contributed by atoms with Crippen molar-refractivity contribution in [2.45, 2.75) is 52.4 Å². The van der Waals surface area contributed by atoms with Gasteiger partial charge in [-0.25, -0.2) is 0 Å². The minimum Gasteiger partial charge on any atom is -0.366 e. The lowest BCUT2D eigenvalue weighted by Crippen LogP contribution is -2.18. The molecule has 0 saturated carbocycles. The number of hydrogen-bond donors (Lipinski definition) is 1. The number of allylic oxidation sites excluding steroid dienone is 4. The first-order valence-corrected chi connectivity index (χ1v) is 8.98. The van der Waals surface area contributed by atoms with E-state index in [-0.39, 0.29) is 11.3 Å². The third kappa shape index (κ3) is 3.13. The molecule has 1 aromatic rings. The molecule has 2 N–H and O–H groups in total. The molecule has 0 bridgehead atoms. The highest BCUT2D eigenvalue weighted by Crippen LogP contribution is 2.41. The Hall–Kier alpha value is -2.35. The van der Waals surface area contributed by atoms with Crippen LogP contribution in [0.4, 0.5) is 0 Å². The third-order valence-corrected chi connectivity index (χ3v) is 5.17. The Morgan fingerprint density at radius 3 is 2.60 bits per heavy atom. The first-order valence-electron chi connectivity index (χ1n) is 8.98. The molecule has 2 nitrogen and oxygen atoms in total. The van der Waals surface area contributed by atoms with Crippen LogP contribution < -0.4 is 5.73 Å². The van der Waals surface area contributed by atoms with Gasteiger partial charge < -0.3 is 5.73 Å². The van der Waals surface area contributed by atoms with Gasteiger partial charge in [0, 0.05) is 5.57 Å². The quantitative estimate of drug-likeness (QED) is 0.822. The second-order valence-electron chi connectivity index (χ2n) is 8.04. The number of primary amides is 1. The van der Waals surface area contributed by atoms with Crippen molar-refractivity contribution in [1.29, 1.82) is 0 Å². The zero-order valence-electron chi connectivity index (χ0n) is 15.7. The van der Waals surface area contributed by atoms with Crippen molar-refractivity contribution in [2.75, 3.05) is 0 Å². The summed E-state index contributed by atoms with van der Waals surface area (Å²) in [5.74, 6) is -0.385. The highest BCUT2D eigenvalue weighted by molar-refractivity contribution is 6.07. The van der Waals surface area contributed by atoms with Gasteiger partial charge in [-0.3, -0.25) is 4.79 Å². The standard InChI is InChI=1S/C23H27NO/c1-6-15-10-16-12-17(23(3,4)5)13-20(19(16)11-15)21-14(2)8-7-9-18(21)22(24)25/h7,9-10,12-13H,2,6,8,11H2,1,3-5H3,(H2,24,25). The Bertz CT molecular complexity index is 857. The molecule has 3 rings (SSSR count). The summed E-state index contributed by atoms with van der Waals surface area (Å²) >= 11 is 0. The fourth-order valence-electron chi connectivity index (χ4n) is 3.64. The minimum absolute atomic E-state index is 0.0336. The lowest BCUT2D eigenvalue weighted by Gasteiger charge is -2.25. The molecule has 0 atom stereocenters. The normalized spacial score (nSPS) is 17.0. The molecule has 0 spiro atoms. The van der Waals surface area contributed by atoms with Gasteiger partial charge in [-0.05, 0) is 58.1 Å². The van der Waals surface area contributed by atoms with Crippen LogP contribution in [0.5, 0.6) is 0 Å². The minimum atomic E-state index is -0.385. The maximum atomic E-state index is 12.0. The molecule has 130 valence electrons. The Morgan fingerprint density at radius 2 is 2.00 bits per heavy atom. The predicted octanol–water partition coefficient (Wildman–Crippen LogP) is 5.09. The number of carbonyl (C=O) groups excluding carboxylic acids is 1. The third-order valence-electron chi connectivity index (χ3n) is 5.17. The van der Waals surface area contributed by atoms with Crippen molar-refractivity contribution < 1.29 is 4.79 Å². The molecule has 0 aliphatic heterocycles. The fourth-order valence-corrected chi connectivity index (χ4v) is 3.64. The van der Waals surface area contributed by atoms with Gasteiger partial charge in [0.05, 0.1) is 0 Å². The molecule has 1 aromatic carbocycles. The zero-order chi connectivity index (χ0) is 18.4. The Kier molecular flexibility index (Phi) is 4.32. The van der Waals surface area contributed by atoms with Crippen molar-refractivity contribution in [3.63, 3.8) is 0 Å². The summed E-state index contributed by atoms with van der Waals surface area (Å²) in [4.78, 5) is 12.0. The monoisotopic (exact) mass is 333 g/mol. The van der Waals surface area contributed by atoms with Crippen LogP contribution in [0, 0.1) is 0 Å². The van der Waals surface area contributed by atoms with Gasteiger partial charge in [-0.15, -0.1) is 0 Å². The van der Waals surface area contributed by atoms with Crippen molar-refractivity contribution in [3.8, 4) is 0 Å². The van der Waals surface area contributed by atoms with E-state index in [1.165, 1.54) is 22.3 Å². The number of rotatable bonds is 3. The lowest BCUT2D eigenvalue weighted by atomic mass is 9.79. The van der Waals surface area contributed by atoms with E-state index >= 15 is 0 Å². The van der Waals surface area contributed by atoms with Gasteiger partial charge in [0.15, 0.2) is 0 Å². The Morgan fingerprint density at radius 1 is 1.28 bits per heavy atom. The number of carbonyl (C=O) groups is 1. The summed E-state index contributed by atoms with van der Waals surface area (Å²) in [6, 6.07) is 4.54. The molecule has 0 unspecified atom stereocenters. The molecule has 2 heteroatoms. The maximum Gasteiger partial charge on any atom is 0.249 e. The molecule has 0 radical (unpaired) electrons. The first kappa shape index (κ1) is 17.5.